The highest BCUT2D eigenvalue weighted by molar-refractivity contribution is 5.69. The van der Waals surface area contributed by atoms with Crippen molar-refractivity contribution in [2.45, 2.75) is 45.8 Å². The summed E-state index contributed by atoms with van der Waals surface area (Å²) in [6, 6.07) is 12.1. The van der Waals surface area contributed by atoms with Gasteiger partial charge in [0, 0.05) is 23.7 Å². The van der Waals surface area contributed by atoms with Gasteiger partial charge in [-0.2, -0.15) is 4.98 Å². The summed E-state index contributed by atoms with van der Waals surface area (Å²) < 4.78 is 11.3. The molecule has 1 aromatic heterocycles. The minimum Gasteiger partial charge on any atom is -0.489 e. The Hall–Kier alpha value is -2.90. The van der Waals surface area contributed by atoms with Crippen molar-refractivity contribution in [2.24, 2.45) is 0 Å². The second-order valence-electron chi connectivity index (χ2n) is 8.12. The van der Waals surface area contributed by atoms with Gasteiger partial charge < -0.3 is 20.1 Å². The van der Waals surface area contributed by atoms with Crippen molar-refractivity contribution in [3.05, 3.63) is 47.5 Å². The summed E-state index contributed by atoms with van der Waals surface area (Å²) in [4.78, 5) is 6.98. The molecule has 0 aliphatic heterocycles. The number of benzene rings is 2. The monoisotopic (exact) mass is 422 g/mol. The maximum absolute atomic E-state index is 9.41. The van der Waals surface area contributed by atoms with Crippen LogP contribution in [0.2, 0.25) is 0 Å². The summed E-state index contributed by atoms with van der Waals surface area (Å²) in [6.07, 6.45) is 2.03. The first kappa shape index (κ1) is 21.3. The Labute approximate surface area is 182 Å². The molecule has 3 aromatic rings. The molecule has 1 aliphatic rings. The van der Waals surface area contributed by atoms with Crippen LogP contribution >= 0.6 is 0 Å². The smallest absolute Gasteiger partial charge is 0.258 e. The third kappa shape index (κ3) is 4.29. The molecule has 0 saturated carbocycles. The Balaban J connectivity index is 1.62. The second-order valence-corrected chi connectivity index (χ2v) is 8.12. The van der Waals surface area contributed by atoms with Gasteiger partial charge in [0.2, 0.25) is 5.82 Å². The van der Waals surface area contributed by atoms with Crippen molar-refractivity contribution < 1.29 is 14.4 Å². The molecular weight excluding hydrogens is 392 g/mol. The zero-order valence-corrected chi connectivity index (χ0v) is 18.3. The summed E-state index contributed by atoms with van der Waals surface area (Å²) in [5.74, 6) is 1.66. The average molecular weight is 423 g/mol. The van der Waals surface area contributed by atoms with Crippen molar-refractivity contribution in [2.75, 3.05) is 25.4 Å². The van der Waals surface area contributed by atoms with E-state index in [0.717, 1.165) is 30.5 Å². The van der Waals surface area contributed by atoms with Crippen LogP contribution in [0.15, 0.2) is 40.9 Å². The standard InChI is InChI=1S/C24H30N4O3/c1-4-28(12-13-29)21-10-9-17-18(21)6-5-7-19(17)23-26-24(31-27-23)16-8-11-22(20(25)14-16)30-15(2)3/h5-8,11,14-15,21,29H,4,9-10,12-13,25H2,1-3H3/t21-/m1/s1. The Morgan fingerprint density at radius 1 is 1.29 bits per heavy atom. The van der Waals surface area contributed by atoms with Gasteiger partial charge in [0.15, 0.2) is 0 Å². The fraction of sp³-hybridized carbons (Fsp3) is 0.417. The Morgan fingerprint density at radius 3 is 2.84 bits per heavy atom. The van der Waals surface area contributed by atoms with E-state index < -0.39 is 0 Å². The SMILES string of the molecule is CCN(CCO)[C@@H]1CCc2c(-c3noc(-c4ccc(OC(C)C)c(N)c4)n3)cccc21. The van der Waals surface area contributed by atoms with Gasteiger partial charge >= 0.3 is 0 Å². The molecular formula is C24H30N4O3. The third-order valence-electron chi connectivity index (χ3n) is 5.76. The van der Waals surface area contributed by atoms with Gasteiger partial charge in [-0.25, -0.2) is 0 Å². The number of nitrogens with two attached hydrogens (primary N) is 1. The highest BCUT2D eigenvalue weighted by Gasteiger charge is 2.29. The van der Waals surface area contributed by atoms with Crippen LogP contribution < -0.4 is 10.5 Å². The number of hydrogen-bond donors (Lipinski definition) is 2. The lowest BCUT2D eigenvalue weighted by Gasteiger charge is -2.27. The molecule has 0 unspecified atom stereocenters. The zero-order valence-electron chi connectivity index (χ0n) is 18.3. The molecule has 2 aromatic carbocycles. The lowest BCUT2D eigenvalue weighted by atomic mass is 10.0. The van der Waals surface area contributed by atoms with E-state index in [1.165, 1.54) is 11.1 Å². The molecule has 0 saturated heterocycles. The van der Waals surface area contributed by atoms with E-state index in [1.54, 1.807) is 6.07 Å². The number of aromatic nitrogens is 2. The number of rotatable bonds is 8. The zero-order chi connectivity index (χ0) is 22.0. The molecule has 7 nitrogen and oxygen atoms in total. The average Bonchev–Trinajstić information content (AvgIpc) is 3.40. The summed E-state index contributed by atoms with van der Waals surface area (Å²) in [7, 11) is 0. The van der Waals surface area contributed by atoms with E-state index >= 15 is 0 Å². The molecule has 0 radical (unpaired) electrons. The number of likely N-dealkylation sites (N-methyl/N-ethyl adjacent to an activating group) is 1. The first-order valence-electron chi connectivity index (χ1n) is 10.9. The summed E-state index contributed by atoms with van der Waals surface area (Å²) in [5, 5.41) is 13.7. The van der Waals surface area contributed by atoms with Crippen LogP contribution in [0, 0.1) is 0 Å². The number of nitrogens with zero attached hydrogens (tertiary/aromatic N) is 3. The molecule has 0 amide bonds. The third-order valence-corrected chi connectivity index (χ3v) is 5.76. The maximum Gasteiger partial charge on any atom is 0.258 e. The van der Waals surface area contributed by atoms with Gasteiger partial charge in [0.1, 0.15) is 5.75 Å². The number of nitrogen functional groups attached to an aromatic ring is 1. The van der Waals surface area contributed by atoms with Crippen molar-refractivity contribution in [3.8, 4) is 28.6 Å². The Bertz CT molecular complexity index is 1050. The molecule has 1 heterocycles. The van der Waals surface area contributed by atoms with Crippen LogP contribution in [0.1, 0.15) is 44.4 Å². The number of aliphatic hydroxyl groups excluding tert-OH is 1. The van der Waals surface area contributed by atoms with Gasteiger partial charge in [-0.3, -0.25) is 4.90 Å². The Morgan fingerprint density at radius 2 is 2.13 bits per heavy atom. The topological polar surface area (TPSA) is 97.6 Å². The summed E-state index contributed by atoms with van der Waals surface area (Å²) in [6.45, 7) is 7.80. The molecule has 31 heavy (non-hydrogen) atoms. The van der Waals surface area contributed by atoms with Gasteiger partial charge in [-0.05, 0) is 62.6 Å². The molecule has 0 fully saturated rings. The van der Waals surface area contributed by atoms with Gasteiger partial charge in [-0.15, -0.1) is 0 Å². The quantitative estimate of drug-likeness (QED) is 0.528. The normalized spacial score (nSPS) is 15.6. The van der Waals surface area contributed by atoms with Crippen LogP contribution in [0.5, 0.6) is 5.75 Å². The molecule has 1 aliphatic carbocycles. The fourth-order valence-corrected chi connectivity index (χ4v) is 4.38. The lowest BCUT2D eigenvalue weighted by molar-refractivity contribution is 0.156. The minimum absolute atomic E-state index is 0.0492. The molecule has 7 heteroatoms. The van der Waals surface area contributed by atoms with Gasteiger partial charge in [-0.1, -0.05) is 30.3 Å². The fourth-order valence-electron chi connectivity index (χ4n) is 4.38. The first-order chi connectivity index (χ1) is 15.0. The number of fused-ring (bicyclic) bond motifs is 1. The van der Waals surface area contributed by atoms with Crippen molar-refractivity contribution in [1.82, 2.24) is 15.0 Å². The second kappa shape index (κ2) is 9.08. The Kier molecular flexibility index (Phi) is 6.25. The van der Waals surface area contributed by atoms with Crippen LogP contribution in [-0.4, -0.2) is 45.9 Å². The van der Waals surface area contributed by atoms with Gasteiger partial charge in [0.05, 0.1) is 18.4 Å². The molecule has 0 bridgehead atoms. The highest BCUT2D eigenvalue weighted by Crippen LogP contribution is 2.40. The number of hydrogen-bond acceptors (Lipinski definition) is 7. The van der Waals surface area contributed by atoms with E-state index in [4.69, 9.17) is 15.0 Å². The van der Waals surface area contributed by atoms with Crippen LogP contribution in [0.25, 0.3) is 22.8 Å². The molecule has 0 spiro atoms. The molecule has 3 N–H and O–H groups in total. The van der Waals surface area contributed by atoms with Crippen LogP contribution in [0.4, 0.5) is 5.69 Å². The van der Waals surface area contributed by atoms with E-state index in [1.807, 2.05) is 38.1 Å². The molecule has 4 rings (SSSR count). The first-order valence-corrected chi connectivity index (χ1v) is 10.9. The summed E-state index contributed by atoms with van der Waals surface area (Å²) in [5.41, 5.74) is 11.0. The molecule has 1 atom stereocenters. The largest absolute Gasteiger partial charge is 0.489 e. The lowest BCUT2D eigenvalue weighted by Crippen LogP contribution is -2.30. The number of ether oxygens (including phenoxy) is 1. The van der Waals surface area contributed by atoms with Gasteiger partial charge in [0.25, 0.3) is 5.89 Å². The predicted octanol–water partition coefficient (Wildman–Crippen LogP) is 4.07. The maximum atomic E-state index is 9.41. The van der Waals surface area contributed by atoms with Crippen molar-refractivity contribution >= 4 is 5.69 Å². The minimum atomic E-state index is 0.0492. The van der Waals surface area contributed by atoms with Crippen LogP contribution in [-0.2, 0) is 6.42 Å². The molecule has 164 valence electrons. The highest BCUT2D eigenvalue weighted by atomic mass is 16.5. The van der Waals surface area contributed by atoms with E-state index in [9.17, 15) is 5.11 Å². The van der Waals surface area contributed by atoms with Crippen molar-refractivity contribution in [1.29, 1.82) is 0 Å². The van der Waals surface area contributed by atoms with E-state index in [-0.39, 0.29) is 12.7 Å². The predicted molar refractivity (Wildman–Crippen MR) is 121 cm³/mol. The van der Waals surface area contributed by atoms with E-state index in [2.05, 4.69) is 28.0 Å². The van der Waals surface area contributed by atoms with E-state index in [0.29, 0.717) is 35.7 Å². The number of anilines is 1. The summed E-state index contributed by atoms with van der Waals surface area (Å²) >= 11 is 0. The van der Waals surface area contributed by atoms with Crippen molar-refractivity contribution in [3.63, 3.8) is 0 Å². The number of aliphatic hydroxyl groups is 1. The van der Waals surface area contributed by atoms with Crippen LogP contribution in [0.3, 0.4) is 0 Å².